The molecule has 2 aromatic carbocycles. The number of nitrogens with one attached hydrogen (secondary N) is 2. The molecule has 1 fully saturated rings. The van der Waals surface area contributed by atoms with Crippen LogP contribution < -0.4 is 15.4 Å². The Morgan fingerprint density at radius 2 is 1.85 bits per heavy atom. The van der Waals surface area contributed by atoms with Gasteiger partial charge < -0.3 is 19.9 Å². The molecule has 0 radical (unpaired) electrons. The lowest BCUT2D eigenvalue weighted by atomic mass is 9.84. The zero-order valence-electron chi connectivity index (χ0n) is 19.5. The van der Waals surface area contributed by atoms with E-state index >= 15 is 0 Å². The van der Waals surface area contributed by atoms with E-state index in [0.717, 1.165) is 22.7 Å². The number of imidazole rings is 1. The molecule has 1 aliphatic rings. The normalized spacial score (nSPS) is 14.2. The van der Waals surface area contributed by atoms with E-state index < -0.39 is 0 Å². The Balaban J connectivity index is 1.36. The molecule has 2 N–H and O–H groups in total. The van der Waals surface area contributed by atoms with Crippen molar-refractivity contribution in [3.8, 4) is 11.5 Å². The van der Waals surface area contributed by atoms with Gasteiger partial charge in [-0.05, 0) is 54.7 Å². The number of carbonyl (C=O) groups excluding carboxylic acids is 1. The largest absolute Gasteiger partial charge is 0.457 e. The molecule has 0 aliphatic heterocycles. The summed E-state index contributed by atoms with van der Waals surface area (Å²) in [6.07, 6.45) is 8.12. The second-order valence-corrected chi connectivity index (χ2v) is 8.79. The first kappa shape index (κ1) is 21.9. The van der Waals surface area contributed by atoms with Crippen LogP contribution in [0, 0.1) is 0 Å². The number of aromatic nitrogens is 3. The SMILES string of the molecule is CNC(=O)c1cc(Oc2ccc3c(c2)nc(Nc2cccc(C4CCCCC4)c2)n3C)ccn1. The van der Waals surface area contributed by atoms with Gasteiger partial charge in [0, 0.05) is 38.1 Å². The van der Waals surface area contributed by atoms with Gasteiger partial charge in [-0.2, -0.15) is 0 Å². The molecule has 1 saturated carbocycles. The molecule has 5 rings (SSSR count). The minimum absolute atomic E-state index is 0.256. The van der Waals surface area contributed by atoms with Gasteiger partial charge in [0.05, 0.1) is 11.0 Å². The van der Waals surface area contributed by atoms with Crippen molar-refractivity contribution in [3.63, 3.8) is 0 Å². The van der Waals surface area contributed by atoms with E-state index in [1.54, 1.807) is 25.4 Å². The Morgan fingerprint density at radius 3 is 2.68 bits per heavy atom. The third-order valence-electron chi connectivity index (χ3n) is 6.50. The molecule has 34 heavy (non-hydrogen) atoms. The summed E-state index contributed by atoms with van der Waals surface area (Å²) in [5, 5.41) is 6.07. The van der Waals surface area contributed by atoms with Crippen molar-refractivity contribution in [2.45, 2.75) is 38.0 Å². The molecule has 7 heteroatoms. The average Bonchev–Trinajstić information content (AvgIpc) is 3.18. The van der Waals surface area contributed by atoms with E-state index in [-0.39, 0.29) is 5.91 Å². The summed E-state index contributed by atoms with van der Waals surface area (Å²) in [7, 11) is 3.58. The van der Waals surface area contributed by atoms with Crippen molar-refractivity contribution < 1.29 is 9.53 Å². The summed E-state index contributed by atoms with van der Waals surface area (Å²) in [6.45, 7) is 0. The van der Waals surface area contributed by atoms with E-state index in [4.69, 9.17) is 9.72 Å². The van der Waals surface area contributed by atoms with Gasteiger partial charge in [0.2, 0.25) is 5.95 Å². The molecule has 0 atom stereocenters. The van der Waals surface area contributed by atoms with Gasteiger partial charge in [-0.3, -0.25) is 9.78 Å². The molecule has 174 valence electrons. The van der Waals surface area contributed by atoms with E-state index in [0.29, 0.717) is 23.1 Å². The Kier molecular flexibility index (Phi) is 6.16. The molecule has 1 amide bonds. The van der Waals surface area contributed by atoms with Gasteiger partial charge in [-0.15, -0.1) is 0 Å². The molecule has 2 aromatic heterocycles. The zero-order valence-corrected chi connectivity index (χ0v) is 19.5. The highest BCUT2D eigenvalue weighted by atomic mass is 16.5. The maximum Gasteiger partial charge on any atom is 0.269 e. The van der Waals surface area contributed by atoms with Gasteiger partial charge >= 0.3 is 0 Å². The highest BCUT2D eigenvalue weighted by molar-refractivity contribution is 5.92. The monoisotopic (exact) mass is 455 g/mol. The molecule has 4 aromatic rings. The van der Waals surface area contributed by atoms with Gasteiger partial charge in [0.25, 0.3) is 5.91 Å². The van der Waals surface area contributed by atoms with Crippen LogP contribution in [-0.2, 0) is 7.05 Å². The number of fused-ring (bicyclic) bond motifs is 1. The molecular weight excluding hydrogens is 426 g/mol. The van der Waals surface area contributed by atoms with Gasteiger partial charge in [-0.25, -0.2) is 4.98 Å². The fraction of sp³-hybridized carbons (Fsp3) is 0.296. The van der Waals surface area contributed by atoms with Crippen LogP contribution in [0.3, 0.4) is 0 Å². The van der Waals surface area contributed by atoms with Crippen LogP contribution in [0.4, 0.5) is 11.6 Å². The third kappa shape index (κ3) is 4.59. The quantitative estimate of drug-likeness (QED) is 0.378. The van der Waals surface area contributed by atoms with Crippen LogP contribution in [0.1, 0.15) is 54.1 Å². The van der Waals surface area contributed by atoms with E-state index in [1.807, 2.05) is 29.8 Å². The third-order valence-corrected chi connectivity index (χ3v) is 6.50. The highest BCUT2D eigenvalue weighted by Gasteiger charge is 2.16. The first-order valence-electron chi connectivity index (χ1n) is 11.8. The minimum atomic E-state index is -0.256. The first-order valence-corrected chi connectivity index (χ1v) is 11.8. The maximum absolute atomic E-state index is 11.8. The zero-order chi connectivity index (χ0) is 23.5. The highest BCUT2D eigenvalue weighted by Crippen LogP contribution is 2.34. The maximum atomic E-state index is 11.8. The number of amides is 1. The minimum Gasteiger partial charge on any atom is -0.457 e. The number of rotatable bonds is 6. The summed E-state index contributed by atoms with van der Waals surface area (Å²) in [5.74, 6) is 2.37. The topological polar surface area (TPSA) is 81.1 Å². The Hall–Kier alpha value is -3.87. The molecule has 0 spiro atoms. The van der Waals surface area contributed by atoms with Crippen molar-refractivity contribution in [3.05, 3.63) is 72.1 Å². The fourth-order valence-corrected chi connectivity index (χ4v) is 4.65. The number of hydrogen-bond donors (Lipinski definition) is 2. The number of carbonyl (C=O) groups is 1. The Labute approximate surface area is 199 Å². The number of pyridine rings is 1. The number of anilines is 2. The molecule has 0 saturated heterocycles. The Morgan fingerprint density at radius 1 is 1.03 bits per heavy atom. The standard InChI is InChI=1S/C27H29N5O2/c1-28-26(33)24-17-22(13-14-29-24)34-21-11-12-25-23(16-21)31-27(32(25)2)30-20-10-6-9-19(15-20)18-7-4-3-5-8-18/h6,9-18H,3-5,7-8H2,1-2H3,(H,28,33)(H,30,31). The van der Waals surface area contributed by atoms with Crippen molar-refractivity contribution in [1.29, 1.82) is 0 Å². The van der Waals surface area contributed by atoms with Crippen LogP contribution in [-0.4, -0.2) is 27.5 Å². The molecular formula is C27H29N5O2. The summed E-state index contributed by atoms with van der Waals surface area (Å²) < 4.78 is 8.03. The molecule has 1 aliphatic carbocycles. The summed E-state index contributed by atoms with van der Waals surface area (Å²) in [5.41, 5.74) is 4.59. The molecule has 2 heterocycles. The summed E-state index contributed by atoms with van der Waals surface area (Å²) >= 11 is 0. The van der Waals surface area contributed by atoms with Crippen LogP contribution >= 0.6 is 0 Å². The summed E-state index contributed by atoms with van der Waals surface area (Å²) in [6, 6.07) is 17.9. The van der Waals surface area contributed by atoms with Crippen molar-refractivity contribution >= 4 is 28.6 Å². The lowest BCUT2D eigenvalue weighted by Crippen LogP contribution is -2.18. The molecule has 7 nitrogen and oxygen atoms in total. The van der Waals surface area contributed by atoms with Gasteiger partial charge in [-0.1, -0.05) is 31.4 Å². The number of hydrogen-bond acceptors (Lipinski definition) is 5. The number of nitrogens with zero attached hydrogens (tertiary/aromatic N) is 3. The first-order chi connectivity index (χ1) is 16.6. The van der Waals surface area contributed by atoms with Gasteiger partial charge in [0.15, 0.2) is 0 Å². The molecule has 0 bridgehead atoms. The average molecular weight is 456 g/mol. The van der Waals surface area contributed by atoms with Crippen LogP contribution in [0.15, 0.2) is 60.8 Å². The van der Waals surface area contributed by atoms with Crippen LogP contribution in [0.2, 0.25) is 0 Å². The fourth-order valence-electron chi connectivity index (χ4n) is 4.65. The van der Waals surface area contributed by atoms with Crippen molar-refractivity contribution in [2.75, 3.05) is 12.4 Å². The van der Waals surface area contributed by atoms with Crippen LogP contribution in [0.25, 0.3) is 11.0 Å². The second kappa shape index (κ2) is 9.55. The van der Waals surface area contributed by atoms with Crippen molar-refractivity contribution in [1.82, 2.24) is 19.9 Å². The second-order valence-electron chi connectivity index (χ2n) is 8.79. The van der Waals surface area contributed by atoms with Crippen LogP contribution in [0.5, 0.6) is 11.5 Å². The van der Waals surface area contributed by atoms with Gasteiger partial charge in [0.1, 0.15) is 17.2 Å². The lowest BCUT2D eigenvalue weighted by molar-refractivity contribution is 0.0958. The Bertz CT molecular complexity index is 1320. The van der Waals surface area contributed by atoms with E-state index in [2.05, 4.69) is 39.9 Å². The summed E-state index contributed by atoms with van der Waals surface area (Å²) in [4.78, 5) is 20.7. The predicted octanol–water partition coefficient (Wildman–Crippen LogP) is 5.91. The smallest absolute Gasteiger partial charge is 0.269 e. The van der Waals surface area contributed by atoms with Crippen molar-refractivity contribution in [2.24, 2.45) is 7.05 Å². The molecule has 0 unspecified atom stereocenters. The van der Waals surface area contributed by atoms with E-state index in [9.17, 15) is 4.79 Å². The number of benzene rings is 2. The number of ether oxygens (including phenoxy) is 1. The number of aryl methyl sites for hydroxylation is 1. The lowest BCUT2D eigenvalue weighted by Gasteiger charge is -2.22. The predicted molar refractivity (Wildman–Crippen MR) is 134 cm³/mol. The van der Waals surface area contributed by atoms with E-state index in [1.165, 1.54) is 37.7 Å².